The van der Waals surface area contributed by atoms with Crippen molar-refractivity contribution < 1.29 is 38.1 Å². The predicted molar refractivity (Wildman–Crippen MR) is 162 cm³/mol. The first-order chi connectivity index (χ1) is 20.9. The normalized spacial score (nSPS) is 22.1. The summed E-state index contributed by atoms with van der Waals surface area (Å²) in [6.07, 6.45) is 7.39. The second-order valence-electron chi connectivity index (χ2n) is 11.1. The zero-order chi connectivity index (χ0) is 30.6. The molecule has 2 atom stereocenters. The molecule has 1 aliphatic heterocycles. The van der Waals surface area contributed by atoms with Crippen LogP contribution in [0, 0.1) is 5.92 Å². The molecule has 0 aromatic heterocycles. The Morgan fingerprint density at radius 1 is 0.744 bits per heavy atom. The van der Waals surface area contributed by atoms with Gasteiger partial charge in [0.25, 0.3) is 0 Å². The Bertz CT molecular complexity index is 1170. The summed E-state index contributed by atoms with van der Waals surface area (Å²) in [6, 6.07) is 16.6. The highest BCUT2D eigenvalue weighted by molar-refractivity contribution is 5.86. The third-order valence-electron chi connectivity index (χ3n) is 8.27. The van der Waals surface area contributed by atoms with Crippen LogP contribution in [0.3, 0.4) is 0 Å². The molecule has 232 valence electrons. The fourth-order valence-electron chi connectivity index (χ4n) is 5.91. The van der Waals surface area contributed by atoms with E-state index in [0.717, 1.165) is 29.9 Å². The number of hydrogen-bond acceptors (Lipinski definition) is 8. The molecule has 2 aromatic carbocycles. The van der Waals surface area contributed by atoms with E-state index < -0.39 is 30.4 Å². The lowest BCUT2D eigenvalue weighted by Gasteiger charge is -2.29. The lowest BCUT2D eigenvalue weighted by Crippen LogP contribution is -2.39. The number of carbonyl (C=O) groups is 3. The molecule has 43 heavy (non-hydrogen) atoms. The van der Waals surface area contributed by atoms with Crippen molar-refractivity contribution in [1.82, 2.24) is 0 Å². The molecule has 0 radical (unpaired) electrons. The summed E-state index contributed by atoms with van der Waals surface area (Å²) >= 11 is 0. The van der Waals surface area contributed by atoms with E-state index in [1.165, 1.54) is 50.2 Å². The maximum absolute atomic E-state index is 12.4. The monoisotopic (exact) mass is 592 g/mol. The van der Waals surface area contributed by atoms with Crippen molar-refractivity contribution in [2.75, 3.05) is 19.8 Å². The highest BCUT2D eigenvalue weighted by Crippen LogP contribution is 2.39. The summed E-state index contributed by atoms with van der Waals surface area (Å²) in [6.45, 7) is 7.63. The molecule has 2 aromatic rings. The minimum Gasteiger partial charge on any atom is -0.464 e. The Kier molecular flexibility index (Phi) is 12.4. The van der Waals surface area contributed by atoms with Crippen molar-refractivity contribution in [2.45, 2.75) is 89.6 Å². The minimum absolute atomic E-state index is 0.173. The number of hydrogen-bond donors (Lipinski definition) is 0. The lowest BCUT2D eigenvalue weighted by atomic mass is 9.77. The number of benzene rings is 2. The van der Waals surface area contributed by atoms with Crippen LogP contribution >= 0.6 is 0 Å². The molecule has 2 aliphatic rings. The van der Waals surface area contributed by atoms with Crippen LogP contribution in [0.2, 0.25) is 0 Å². The van der Waals surface area contributed by atoms with Crippen molar-refractivity contribution in [3.8, 4) is 11.1 Å². The van der Waals surface area contributed by atoms with Crippen LogP contribution in [0.25, 0.3) is 11.1 Å². The summed E-state index contributed by atoms with van der Waals surface area (Å²) < 4.78 is 26.8. The molecule has 4 rings (SSSR count). The van der Waals surface area contributed by atoms with Gasteiger partial charge in [0.1, 0.15) is 0 Å². The number of esters is 3. The van der Waals surface area contributed by atoms with E-state index in [2.05, 4.69) is 30.8 Å². The van der Waals surface area contributed by atoms with Crippen LogP contribution < -0.4 is 0 Å². The fourth-order valence-corrected chi connectivity index (χ4v) is 5.91. The molecular formula is C35H44O8. The summed E-state index contributed by atoms with van der Waals surface area (Å²) in [7, 11) is 0. The van der Waals surface area contributed by atoms with E-state index in [1.54, 1.807) is 13.8 Å². The molecule has 0 amide bonds. The van der Waals surface area contributed by atoms with Gasteiger partial charge in [-0.2, -0.15) is 0 Å². The van der Waals surface area contributed by atoms with Crippen molar-refractivity contribution in [2.24, 2.45) is 5.92 Å². The van der Waals surface area contributed by atoms with E-state index in [9.17, 15) is 14.4 Å². The molecule has 1 aliphatic carbocycles. The van der Waals surface area contributed by atoms with Crippen LogP contribution in [0.1, 0.15) is 88.5 Å². The van der Waals surface area contributed by atoms with Gasteiger partial charge in [-0.05, 0) is 74.5 Å². The van der Waals surface area contributed by atoms with Gasteiger partial charge in [0.15, 0.2) is 18.5 Å². The Morgan fingerprint density at radius 3 is 1.79 bits per heavy atom. The molecule has 1 saturated carbocycles. The van der Waals surface area contributed by atoms with E-state index in [0.29, 0.717) is 18.1 Å². The maximum Gasteiger partial charge on any atom is 0.338 e. The quantitative estimate of drug-likeness (QED) is 0.102. The highest BCUT2D eigenvalue weighted by atomic mass is 16.8. The summed E-state index contributed by atoms with van der Waals surface area (Å²) in [5, 5.41) is 0. The summed E-state index contributed by atoms with van der Waals surface area (Å²) in [5.41, 5.74) is 4.27. The Hall–Kier alpha value is -3.49. The van der Waals surface area contributed by atoms with E-state index in [1.807, 2.05) is 24.3 Å². The average Bonchev–Trinajstić information content (AvgIpc) is 3.49. The largest absolute Gasteiger partial charge is 0.464 e. The molecule has 0 N–H and O–H groups in total. The lowest BCUT2D eigenvalue weighted by molar-refractivity contribution is -0.163. The molecule has 0 spiro atoms. The third kappa shape index (κ3) is 9.00. The molecule has 8 heteroatoms. The predicted octanol–water partition coefficient (Wildman–Crippen LogP) is 6.83. The second kappa shape index (κ2) is 16.4. The smallest absolute Gasteiger partial charge is 0.338 e. The van der Waals surface area contributed by atoms with E-state index in [4.69, 9.17) is 23.7 Å². The fraction of sp³-hybridized carbons (Fsp3) is 0.514. The van der Waals surface area contributed by atoms with Crippen molar-refractivity contribution >= 4 is 17.9 Å². The number of carbonyl (C=O) groups excluding carboxylic acids is 3. The molecule has 0 bridgehead atoms. The van der Waals surface area contributed by atoms with Gasteiger partial charge in [0, 0.05) is 11.6 Å². The number of ether oxygens (including phenoxy) is 5. The Labute approximate surface area is 254 Å². The van der Waals surface area contributed by atoms with Gasteiger partial charge in [0.05, 0.1) is 19.8 Å². The first kappa shape index (κ1) is 32.4. The van der Waals surface area contributed by atoms with E-state index in [-0.39, 0.29) is 19.2 Å². The summed E-state index contributed by atoms with van der Waals surface area (Å²) in [4.78, 5) is 35.9. The SMILES string of the molecule is C=CC(=O)OCCCCCC1CCC(c2ccc(-c3ccc(C4O[C@@H](C(=O)OCC)[C@H](C(=O)OCC)O4)cc3)cc2)CC1. The van der Waals surface area contributed by atoms with Crippen LogP contribution in [-0.4, -0.2) is 49.9 Å². The zero-order valence-corrected chi connectivity index (χ0v) is 25.3. The van der Waals surface area contributed by atoms with Crippen molar-refractivity contribution in [3.63, 3.8) is 0 Å². The Morgan fingerprint density at radius 2 is 1.28 bits per heavy atom. The molecule has 1 saturated heterocycles. The van der Waals surface area contributed by atoms with Gasteiger partial charge < -0.3 is 23.7 Å². The van der Waals surface area contributed by atoms with Crippen LogP contribution in [-0.2, 0) is 38.1 Å². The topological polar surface area (TPSA) is 97.4 Å². The van der Waals surface area contributed by atoms with Gasteiger partial charge in [0.2, 0.25) is 0 Å². The number of rotatable bonds is 14. The van der Waals surface area contributed by atoms with E-state index >= 15 is 0 Å². The Balaban J connectivity index is 1.26. The summed E-state index contributed by atoms with van der Waals surface area (Å²) in [5.74, 6) is -0.241. The second-order valence-corrected chi connectivity index (χ2v) is 11.1. The highest BCUT2D eigenvalue weighted by Gasteiger charge is 2.47. The minimum atomic E-state index is -1.17. The maximum atomic E-state index is 12.4. The molecule has 2 fully saturated rings. The third-order valence-corrected chi connectivity index (χ3v) is 8.27. The van der Waals surface area contributed by atoms with Crippen molar-refractivity contribution in [3.05, 3.63) is 72.3 Å². The van der Waals surface area contributed by atoms with Crippen LogP contribution in [0.15, 0.2) is 61.2 Å². The average molecular weight is 593 g/mol. The molecule has 8 nitrogen and oxygen atoms in total. The first-order valence-corrected chi connectivity index (χ1v) is 15.6. The van der Waals surface area contributed by atoms with Gasteiger partial charge in [-0.15, -0.1) is 0 Å². The molecule has 0 unspecified atom stereocenters. The van der Waals surface area contributed by atoms with Crippen LogP contribution in [0.5, 0.6) is 0 Å². The van der Waals surface area contributed by atoms with Gasteiger partial charge in [-0.1, -0.05) is 74.4 Å². The van der Waals surface area contributed by atoms with Gasteiger partial charge in [-0.3, -0.25) is 0 Å². The van der Waals surface area contributed by atoms with Gasteiger partial charge in [-0.25, -0.2) is 14.4 Å². The number of unbranched alkanes of at least 4 members (excludes halogenated alkanes) is 2. The van der Waals surface area contributed by atoms with Crippen LogP contribution in [0.4, 0.5) is 0 Å². The molecular weight excluding hydrogens is 548 g/mol. The van der Waals surface area contributed by atoms with Crippen molar-refractivity contribution in [1.29, 1.82) is 0 Å². The molecule has 1 heterocycles. The van der Waals surface area contributed by atoms with Gasteiger partial charge >= 0.3 is 17.9 Å². The standard InChI is InChI=1S/C35H44O8/c1-4-30(36)41-23-9-7-8-10-24-11-13-25(14-12-24)26-15-17-27(18-16-26)28-19-21-29(22-20-28)35-42-31(33(37)39-5-2)32(43-35)34(38)40-6-3/h4,15-22,24-25,31-32,35H,1,5-14,23H2,2-3H3/t24?,25?,31-,32-/m1/s1. The first-order valence-electron chi connectivity index (χ1n) is 15.6. The zero-order valence-electron chi connectivity index (χ0n) is 25.3.